The molecule has 8 aromatic rings. The van der Waals surface area contributed by atoms with Gasteiger partial charge < -0.3 is 18.9 Å². The van der Waals surface area contributed by atoms with Gasteiger partial charge in [0.1, 0.15) is 23.0 Å². The van der Waals surface area contributed by atoms with Crippen molar-refractivity contribution in [2.24, 2.45) is 0 Å². The van der Waals surface area contributed by atoms with Gasteiger partial charge in [-0.1, -0.05) is 130 Å². The Labute approximate surface area is 433 Å². The minimum atomic E-state index is -0.805. The fourth-order valence-corrected chi connectivity index (χ4v) is 9.73. The van der Waals surface area contributed by atoms with E-state index < -0.39 is 35.2 Å². The van der Waals surface area contributed by atoms with Gasteiger partial charge in [0.15, 0.2) is 5.75 Å². The Morgan fingerprint density at radius 3 is 1.43 bits per heavy atom. The largest absolute Gasteiger partial charge is 0.513 e. The Kier molecular flexibility index (Phi) is 12.7. The second kappa shape index (κ2) is 19.3. The number of carbonyl (C=O) groups is 5. The summed E-state index contributed by atoms with van der Waals surface area (Å²) in [7, 11) is 1.25. The summed E-state index contributed by atoms with van der Waals surface area (Å²) in [6.07, 6.45) is -0.469. The number of fused-ring (bicyclic) bond motifs is 2. The molecule has 0 aromatic heterocycles. The molecule has 0 N–H and O–H groups in total. The van der Waals surface area contributed by atoms with Crippen molar-refractivity contribution in [3.8, 4) is 28.7 Å². The van der Waals surface area contributed by atoms with Crippen LogP contribution in [-0.2, 0) is 22.0 Å². The molecule has 2 aliphatic rings. The van der Waals surface area contributed by atoms with E-state index in [9.17, 15) is 24.0 Å². The molecule has 0 atom stereocenters. The Morgan fingerprint density at radius 2 is 0.905 bits per heavy atom. The average molecular weight is 1000 g/mol. The minimum Gasteiger partial charge on any atom is -0.457 e. The van der Waals surface area contributed by atoms with Crippen LogP contribution in [0.2, 0.25) is 5.02 Å². The molecule has 12 heteroatoms. The highest BCUT2D eigenvalue weighted by Crippen LogP contribution is 2.42. The van der Waals surface area contributed by atoms with Gasteiger partial charge in [0.25, 0.3) is 23.6 Å². The molecular formula is C62H49ClN2O9. The highest BCUT2D eigenvalue weighted by Gasteiger charge is 2.40. The molecule has 8 aromatic carbocycles. The Hall–Kier alpha value is -8.80. The number of methoxy groups -OCH3 is 1. The predicted octanol–water partition coefficient (Wildman–Crippen LogP) is 14.2. The molecule has 11 nitrogen and oxygen atoms in total. The quantitative estimate of drug-likeness (QED) is 0.0630. The van der Waals surface area contributed by atoms with Gasteiger partial charge >= 0.3 is 6.16 Å². The maximum atomic E-state index is 14.5. The molecular weight excluding hydrogens is 952 g/mol. The lowest BCUT2D eigenvalue weighted by Gasteiger charge is -2.26. The van der Waals surface area contributed by atoms with E-state index in [1.807, 2.05) is 66.7 Å². The van der Waals surface area contributed by atoms with Crippen LogP contribution in [-0.4, -0.2) is 36.9 Å². The van der Waals surface area contributed by atoms with Gasteiger partial charge in [0, 0.05) is 10.8 Å². The van der Waals surface area contributed by atoms with Gasteiger partial charge in [-0.3, -0.25) is 19.2 Å². The first-order valence-electron chi connectivity index (χ1n) is 23.9. The topological polar surface area (TPSA) is 129 Å². The van der Waals surface area contributed by atoms with Crippen LogP contribution < -0.4 is 24.0 Å². The van der Waals surface area contributed by atoms with Crippen molar-refractivity contribution in [3.05, 3.63) is 242 Å². The number of benzene rings is 8. The first-order chi connectivity index (χ1) is 35.5. The fourth-order valence-electron chi connectivity index (χ4n) is 9.45. The summed E-state index contributed by atoms with van der Waals surface area (Å²) in [6.45, 7) is 10.6. The monoisotopic (exact) mass is 1000 g/mol. The van der Waals surface area contributed by atoms with Crippen LogP contribution in [0.5, 0.6) is 28.7 Å². The number of hydrogen-bond donors (Lipinski definition) is 0. The molecule has 368 valence electrons. The zero-order chi connectivity index (χ0) is 52.1. The molecule has 0 saturated heterocycles. The Bertz CT molecular complexity index is 3510. The number of carbonyl (C=O) groups excluding carboxylic acids is 5. The smallest absolute Gasteiger partial charge is 0.457 e. The lowest BCUT2D eigenvalue weighted by Crippen LogP contribution is -2.29. The number of ether oxygens (including phenoxy) is 4. The van der Waals surface area contributed by atoms with Gasteiger partial charge in [-0.25, -0.2) is 14.6 Å². The number of anilines is 2. The van der Waals surface area contributed by atoms with E-state index in [1.54, 1.807) is 84.9 Å². The predicted molar refractivity (Wildman–Crippen MR) is 284 cm³/mol. The van der Waals surface area contributed by atoms with E-state index in [0.717, 1.165) is 37.6 Å². The molecule has 4 amide bonds. The van der Waals surface area contributed by atoms with Crippen molar-refractivity contribution in [2.45, 2.75) is 51.9 Å². The summed E-state index contributed by atoms with van der Waals surface area (Å²) in [5, 5.41) is 0.215. The van der Waals surface area contributed by atoms with Crippen LogP contribution in [0.4, 0.5) is 16.2 Å². The number of aryl methyl sites for hydroxylation is 1. The SMILES string of the molecule is COC(=O)Oc1ccc(C(C)(C)c2ccc(Oc3cc(Cc4ccc(N5C(=O)c6ccccc6C5=O)c(Cl)c4)ccc3N3C(=O)c4ccc(Oc5ccc(C(C)(C)c6ccc(C)cc6)cc5)cc4C3=O)cc2)cc1. The van der Waals surface area contributed by atoms with E-state index >= 15 is 0 Å². The minimum absolute atomic E-state index is 0.184. The van der Waals surface area contributed by atoms with Crippen LogP contribution in [0.15, 0.2) is 176 Å². The zero-order valence-electron chi connectivity index (χ0n) is 41.4. The summed E-state index contributed by atoms with van der Waals surface area (Å²) in [5.74, 6) is 0.0446. The maximum Gasteiger partial charge on any atom is 0.513 e. The maximum absolute atomic E-state index is 14.5. The molecule has 0 bridgehead atoms. The Morgan fingerprint density at radius 1 is 0.473 bits per heavy atom. The lowest BCUT2D eigenvalue weighted by molar-refractivity contribution is 0.0910. The normalized spacial score (nSPS) is 13.2. The standard InChI is InChI=1S/C62H49ClN2O9/c1-37-11-15-40(16-12-37)61(2,3)41-17-23-44(24-18-41)72-47-29-30-50-51(36-47)59(69)65(58(50)68)54-32-14-39(33-38-13-31-53(52(63)34-38)64-56(66)48-9-7-8-10-49(48)57(64)67)35-55(54)73-45-25-19-42(20-26-45)62(4,5)43-21-27-46(28-22-43)74-60(70)71-6/h7-32,34-36H,33H2,1-6H3. The molecule has 74 heavy (non-hydrogen) atoms. The number of halogens is 1. The fraction of sp³-hybridized carbons (Fsp3) is 0.145. The molecule has 0 radical (unpaired) electrons. The van der Waals surface area contributed by atoms with E-state index in [1.165, 1.54) is 18.2 Å². The van der Waals surface area contributed by atoms with E-state index in [-0.39, 0.29) is 38.7 Å². The molecule has 0 saturated carbocycles. The number of hydrogen-bond acceptors (Lipinski definition) is 9. The van der Waals surface area contributed by atoms with Gasteiger partial charge in [-0.2, -0.15) is 0 Å². The second-order valence-electron chi connectivity index (χ2n) is 19.4. The average Bonchev–Trinajstić information content (AvgIpc) is 3.79. The highest BCUT2D eigenvalue weighted by atomic mass is 35.5. The number of nitrogens with zero attached hydrogens (tertiary/aromatic N) is 2. The van der Waals surface area contributed by atoms with Gasteiger partial charge in [-0.15, -0.1) is 0 Å². The molecule has 0 unspecified atom stereocenters. The molecule has 10 rings (SSSR count). The van der Waals surface area contributed by atoms with Crippen molar-refractivity contribution < 1.29 is 42.9 Å². The van der Waals surface area contributed by atoms with Gasteiger partial charge in [0.2, 0.25) is 0 Å². The first kappa shape index (κ1) is 48.8. The Balaban J connectivity index is 0.926. The molecule has 0 fully saturated rings. The third kappa shape index (κ3) is 9.18. The van der Waals surface area contributed by atoms with Crippen molar-refractivity contribution in [1.29, 1.82) is 0 Å². The summed E-state index contributed by atoms with van der Waals surface area (Å²) in [6, 6.07) is 53.0. The van der Waals surface area contributed by atoms with E-state index in [0.29, 0.717) is 40.5 Å². The first-order valence-corrected chi connectivity index (χ1v) is 24.3. The molecule has 0 spiro atoms. The van der Waals surface area contributed by atoms with Crippen molar-refractivity contribution in [3.63, 3.8) is 0 Å². The molecule has 2 aliphatic heterocycles. The van der Waals surface area contributed by atoms with Gasteiger partial charge in [-0.05, 0) is 138 Å². The molecule has 0 aliphatic carbocycles. The van der Waals surface area contributed by atoms with E-state index in [4.69, 9.17) is 25.8 Å². The summed E-state index contributed by atoms with van der Waals surface area (Å²) >= 11 is 6.81. The van der Waals surface area contributed by atoms with Crippen LogP contribution in [0.1, 0.15) is 108 Å². The number of amides is 4. The summed E-state index contributed by atoms with van der Waals surface area (Å²) < 4.78 is 22.7. The number of imide groups is 2. The van der Waals surface area contributed by atoms with Crippen LogP contribution in [0.25, 0.3) is 0 Å². The van der Waals surface area contributed by atoms with Crippen molar-refractivity contribution >= 4 is 52.8 Å². The third-order valence-electron chi connectivity index (χ3n) is 13.9. The lowest BCUT2D eigenvalue weighted by atomic mass is 9.78. The zero-order valence-corrected chi connectivity index (χ0v) is 42.2. The second-order valence-corrected chi connectivity index (χ2v) is 19.8. The van der Waals surface area contributed by atoms with Crippen LogP contribution in [0, 0.1) is 6.92 Å². The van der Waals surface area contributed by atoms with Crippen molar-refractivity contribution in [2.75, 3.05) is 16.9 Å². The highest BCUT2D eigenvalue weighted by molar-refractivity contribution is 6.40. The van der Waals surface area contributed by atoms with Crippen molar-refractivity contribution in [1.82, 2.24) is 0 Å². The van der Waals surface area contributed by atoms with Crippen LogP contribution >= 0.6 is 11.6 Å². The number of rotatable bonds is 13. The molecule has 2 heterocycles. The van der Waals surface area contributed by atoms with E-state index in [2.05, 4.69) is 63.6 Å². The summed E-state index contributed by atoms with van der Waals surface area (Å²) in [4.78, 5) is 69.2. The third-order valence-corrected chi connectivity index (χ3v) is 14.2. The van der Waals surface area contributed by atoms with Crippen LogP contribution in [0.3, 0.4) is 0 Å². The van der Waals surface area contributed by atoms with Gasteiger partial charge in [0.05, 0.1) is 45.8 Å². The summed E-state index contributed by atoms with van der Waals surface area (Å²) in [5.41, 5.74) is 7.75.